The van der Waals surface area contributed by atoms with E-state index in [2.05, 4.69) is 6.92 Å². The van der Waals surface area contributed by atoms with Crippen molar-refractivity contribution in [3.63, 3.8) is 0 Å². The Balaban J connectivity index is -0.000000180. The van der Waals surface area contributed by atoms with Gasteiger partial charge in [0.2, 0.25) is 0 Å². The van der Waals surface area contributed by atoms with Gasteiger partial charge in [-0.1, -0.05) is 26.2 Å². The quantitative estimate of drug-likeness (QED) is 0.600. The predicted octanol–water partition coefficient (Wildman–Crippen LogP) is -1.32. The maximum Gasteiger partial charge on any atom is 1.00 e. The van der Waals surface area contributed by atoms with Gasteiger partial charge in [0.1, 0.15) is 0 Å². The van der Waals surface area contributed by atoms with Crippen LogP contribution in [0.4, 0.5) is 0 Å². The van der Waals surface area contributed by atoms with Crippen molar-refractivity contribution in [3.05, 3.63) is 0 Å². The molecule has 0 saturated heterocycles. The summed E-state index contributed by atoms with van der Waals surface area (Å²) in [5.41, 5.74) is 0. The van der Waals surface area contributed by atoms with Crippen LogP contribution >= 0.6 is 0 Å². The first-order valence-corrected chi connectivity index (χ1v) is 3.02. The summed E-state index contributed by atoms with van der Waals surface area (Å²) < 4.78 is 0. The first-order chi connectivity index (χ1) is 3.41. The predicted molar refractivity (Wildman–Crippen MR) is 32.3 cm³/mol. The zero-order chi connectivity index (χ0) is 5.54. The monoisotopic (exact) mass is 236 g/mol. The zero-order valence-electron chi connectivity index (χ0n) is 6.98. The molecular formula is C6H15CsO. The molecule has 0 spiro atoms. The largest absolute Gasteiger partial charge is 1.00 e. The Morgan fingerprint density at radius 3 is 2.25 bits per heavy atom. The van der Waals surface area contributed by atoms with Crippen LogP contribution in [0.15, 0.2) is 0 Å². The summed E-state index contributed by atoms with van der Waals surface area (Å²) in [6.45, 7) is 2.53. The number of rotatable bonds is 4. The van der Waals surface area contributed by atoms with E-state index in [-0.39, 0.29) is 70.3 Å². The van der Waals surface area contributed by atoms with E-state index in [9.17, 15) is 0 Å². The van der Waals surface area contributed by atoms with E-state index in [1.165, 1.54) is 19.3 Å². The summed E-state index contributed by atoms with van der Waals surface area (Å²) in [7, 11) is 0. The first-order valence-electron chi connectivity index (χ1n) is 3.02. The third kappa shape index (κ3) is 10.9. The molecule has 0 amide bonds. The van der Waals surface area contributed by atoms with E-state index in [1.807, 2.05) is 0 Å². The van der Waals surface area contributed by atoms with Gasteiger partial charge < -0.3 is 6.53 Å². The molecule has 0 aromatic heterocycles. The van der Waals surface area contributed by atoms with Crippen molar-refractivity contribution in [2.45, 2.75) is 32.6 Å². The molecule has 0 bridgehead atoms. The third-order valence-corrected chi connectivity index (χ3v) is 1.01. The van der Waals surface area contributed by atoms with Crippen molar-refractivity contribution >= 4 is 0 Å². The van der Waals surface area contributed by atoms with Crippen molar-refractivity contribution in [2.75, 3.05) is 6.61 Å². The van der Waals surface area contributed by atoms with Crippen molar-refractivity contribution in [3.8, 4) is 0 Å². The minimum atomic E-state index is 0. The molecule has 46 valence electrons. The Kier molecular flexibility index (Phi) is 18.6. The number of unbranched alkanes of at least 4 members (excludes halogenated alkanes) is 3. The molecule has 2 heteroatoms. The van der Waals surface area contributed by atoms with E-state index >= 15 is 0 Å². The minimum absolute atomic E-state index is 0. The topological polar surface area (TPSA) is 20.2 Å². The molecule has 0 unspecified atom stereocenters. The molecule has 0 radical (unpaired) electrons. The maximum atomic E-state index is 8.29. The third-order valence-electron chi connectivity index (χ3n) is 1.01. The maximum absolute atomic E-state index is 8.29. The van der Waals surface area contributed by atoms with Crippen LogP contribution in [0, 0.1) is 0 Å². The van der Waals surface area contributed by atoms with Gasteiger partial charge in [0.15, 0.2) is 0 Å². The Morgan fingerprint density at radius 1 is 1.25 bits per heavy atom. The van der Waals surface area contributed by atoms with Crippen LogP contribution in [-0.4, -0.2) is 11.7 Å². The molecule has 0 rings (SSSR count). The summed E-state index contributed by atoms with van der Waals surface area (Å²) in [6.07, 6.45) is 4.68. The summed E-state index contributed by atoms with van der Waals surface area (Å²) in [5, 5.41) is 8.29. The van der Waals surface area contributed by atoms with Crippen LogP contribution in [0.2, 0.25) is 0 Å². The van der Waals surface area contributed by atoms with E-state index in [0.29, 0.717) is 6.61 Å². The van der Waals surface area contributed by atoms with E-state index in [0.717, 1.165) is 6.42 Å². The summed E-state index contributed by atoms with van der Waals surface area (Å²) in [6, 6.07) is 0. The fourth-order valence-corrected chi connectivity index (χ4v) is 0.539. The molecule has 0 aliphatic rings. The Bertz CT molecular complexity index is 32.2. The smallest absolute Gasteiger partial charge is 1.00 e. The van der Waals surface area contributed by atoms with Crippen LogP contribution in [0.3, 0.4) is 0 Å². The van der Waals surface area contributed by atoms with Gasteiger partial charge >= 0.3 is 68.9 Å². The average Bonchev–Trinajstić information content (AvgIpc) is 1.69. The second-order valence-electron chi connectivity index (χ2n) is 1.78. The first kappa shape index (κ1) is 12.7. The van der Waals surface area contributed by atoms with Gasteiger partial charge in [0, 0.05) is 6.61 Å². The van der Waals surface area contributed by atoms with E-state index < -0.39 is 0 Å². The van der Waals surface area contributed by atoms with Gasteiger partial charge in [0.05, 0.1) is 0 Å². The van der Waals surface area contributed by atoms with Crippen LogP contribution in [0.25, 0.3) is 0 Å². The van der Waals surface area contributed by atoms with Crippen molar-refractivity contribution < 1.29 is 75.4 Å². The number of hydrogen-bond acceptors (Lipinski definition) is 1. The molecule has 0 heterocycles. The minimum Gasteiger partial charge on any atom is -1.00 e. The van der Waals surface area contributed by atoms with Gasteiger partial charge in [-0.15, -0.1) is 0 Å². The number of aliphatic hydroxyl groups is 1. The molecule has 0 aromatic carbocycles. The summed E-state index contributed by atoms with van der Waals surface area (Å²) in [5.74, 6) is 0. The van der Waals surface area contributed by atoms with Crippen LogP contribution < -0.4 is 68.9 Å². The van der Waals surface area contributed by atoms with Crippen molar-refractivity contribution in [1.29, 1.82) is 0 Å². The molecule has 0 saturated carbocycles. The van der Waals surface area contributed by atoms with Crippen LogP contribution in [0.5, 0.6) is 0 Å². The standard InChI is InChI=1S/C6H14O.Cs.H/c1-2-3-4-5-6-7;;/h7H,2-6H2,1H3;;/q;+1;-1. The van der Waals surface area contributed by atoms with Crippen molar-refractivity contribution in [1.82, 2.24) is 0 Å². The van der Waals surface area contributed by atoms with E-state index in [4.69, 9.17) is 5.11 Å². The molecule has 8 heavy (non-hydrogen) atoms. The SMILES string of the molecule is CCCCCCO.[Cs+].[H-]. The second-order valence-corrected chi connectivity index (χ2v) is 1.78. The van der Waals surface area contributed by atoms with Crippen LogP contribution in [-0.2, 0) is 0 Å². The molecule has 0 atom stereocenters. The number of aliphatic hydroxyl groups excluding tert-OH is 1. The zero-order valence-corrected chi connectivity index (χ0v) is 12.3. The van der Waals surface area contributed by atoms with Gasteiger partial charge in [0.25, 0.3) is 0 Å². The normalized spacial score (nSPS) is 8.25. The van der Waals surface area contributed by atoms with Gasteiger partial charge in [-0.2, -0.15) is 0 Å². The molecule has 0 aromatic rings. The number of hydrogen-bond donors (Lipinski definition) is 1. The van der Waals surface area contributed by atoms with Crippen molar-refractivity contribution in [2.24, 2.45) is 0 Å². The Labute approximate surface area is 112 Å². The van der Waals surface area contributed by atoms with Gasteiger partial charge in [-0.05, 0) is 6.42 Å². The fourth-order valence-electron chi connectivity index (χ4n) is 0.539. The Hall–Kier alpha value is 2.01. The van der Waals surface area contributed by atoms with Gasteiger partial charge in [-0.25, -0.2) is 0 Å². The molecule has 1 N–H and O–H groups in total. The van der Waals surface area contributed by atoms with Crippen LogP contribution in [0.1, 0.15) is 34.0 Å². The summed E-state index contributed by atoms with van der Waals surface area (Å²) in [4.78, 5) is 0. The average molecular weight is 236 g/mol. The Morgan fingerprint density at radius 2 is 1.88 bits per heavy atom. The summed E-state index contributed by atoms with van der Waals surface area (Å²) >= 11 is 0. The molecular weight excluding hydrogens is 221 g/mol. The molecule has 1 nitrogen and oxygen atoms in total. The van der Waals surface area contributed by atoms with Gasteiger partial charge in [-0.3, -0.25) is 0 Å². The molecule has 0 aliphatic heterocycles. The molecule has 0 aliphatic carbocycles. The van der Waals surface area contributed by atoms with E-state index in [1.54, 1.807) is 0 Å². The molecule has 0 fully saturated rings. The second kappa shape index (κ2) is 11.8. The fraction of sp³-hybridized carbons (Fsp3) is 1.00.